The summed E-state index contributed by atoms with van der Waals surface area (Å²) in [6.45, 7) is 3.95. The number of nitrogens with two attached hydrogens (primary N) is 1. The molecule has 108 valence electrons. The van der Waals surface area contributed by atoms with E-state index < -0.39 is 0 Å². The summed E-state index contributed by atoms with van der Waals surface area (Å²) in [6.07, 6.45) is 3.30. The van der Waals surface area contributed by atoms with Crippen LogP contribution in [0.3, 0.4) is 0 Å². The van der Waals surface area contributed by atoms with Crippen molar-refractivity contribution in [2.45, 2.75) is 39.2 Å². The van der Waals surface area contributed by atoms with Crippen molar-refractivity contribution in [3.63, 3.8) is 0 Å². The summed E-state index contributed by atoms with van der Waals surface area (Å²) in [5.74, 6) is -0.0467. The van der Waals surface area contributed by atoms with E-state index in [4.69, 9.17) is 10.9 Å². The molecule has 0 heterocycles. The number of nitrogens with zero attached hydrogens (tertiary/aromatic N) is 2. The first-order valence-electron chi connectivity index (χ1n) is 6.92. The molecule has 0 radical (unpaired) electrons. The lowest BCUT2D eigenvalue weighted by Crippen LogP contribution is -2.42. The standard InChI is InChI=1S/C15H21N3O2/c1-10(2)18(9-14(16)17-20)15(19)13-7-6-11-4-3-5-12(11)8-13/h6-8,10,20H,3-5,9H2,1-2H3,(H2,16,17). The summed E-state index contributed by atoms with van der Waals surface area (Å²) in [5, 5.41) is 11.6. The molecule has 0 bridgehead atoms. The molecule has 1 aromatic carbocycles. The van der Waals surface area contributed by atoms with Gasteiger partial charge in [0.15, 0.2) is 5.84 Å². The van der Waals surface area contributed by atoms with Gasteiger partial charge in [-0.05, 0) is 56.4 Å². The molecule has 0 spiro atoms. The van der Waals surface area contributed by atoms with E-state index >= 15 is 0 Å². The number of fused-ring (bicyclic) bond motifs is 1. The minimum atomic E-state index is -0.0821. The number of amides is 1. The number of carbonyl (C=O) groups excluding carboxylic acids is 1. The Morgan fingerprint density at radius 3 is 2.75 bits per heavy atom. The molecule has 0 atom stereocenters. The molecule has 5 nitrogen and oxygen atoms in total. The Kier molecular flexibility index (Phi) is 4.27. The summed E-state index contributed by atoms with van der Waals surface area (Å²) in [4.78, 5) is 14.2. The smallest absolute Gasteiger partial charge is 0.254 e. The fraction of sp³-hybridized carbons (Fsp3) is 0.467. The lowest BCUT2D eigenvalue weighted by atomic mass is 10.0. The van der Waals surface area contributed by atoms with Gasteiger partial charge < -0.3 is 15.8 Å². The van der Waals surface area contributed by atoms with Gasteiger partial charge in [0, 0.05) is 11.6 Å². The fourth-order valence-electron chi connectivity index (χ4n) is 2.57. The third kappa shape index (κ3) is 2.92. The number of amidine groups is 1. The molecule has 1 aliphatic carbocycles. The summed E-state index contributed by atoms with van der Waals surface area (Å²) < 4.78 is 0. The van der Waals surface area contributed by atoms with Gasteiger partial charge in [-0.3, -0.25) is 4.79 Å². The van der Waals surface area contributed by atoms with Gasteiger partial charge in [0.1, 0.15) is 0 Å². The SMILES string of the molecule is CC(C)N(CC(N)=NO)C(=O)c1ccc2c(c1)CCC2. The number of rotatable bonds is 4. The number of oxime groups is 1. The van der Waals surface area contributed by atoms with E-state index in [1.165, 1.54) is 11.1 Å². The lowest BCUT2D eigenvalue weighted by Gasteiger charge is -2.26. The summed E-state index contributed by atoms with van der Waals surface area (Å²) >= 11 is 0. The van der Waals surface area contributed by atoms with Gasteiger partial charge >= 0.3 is 0 Å². The average molecular weight is 275 g/mol. The van der Waals surface area contributed by atoms with Crippen LogP contribution in [0.5, 0.6) is 0 Å². The van der Waals surface area contributed by atoms with Crippen molar-refractivity contribution in [2.75, 3.05) is 6.54 Å². The van der Waals surface area contributed by atoms with Gasteiger partial charge in [-0.15, -0.1) is 0 Å². The molecule has 2 rings (SSSR count). The molecular weight excluding hydrogens is 254 g/mol. The van der Waals surface area contributed by atoms with Crippen LogP contribution in [0.15, 0.2) is 23.4 Å². The van der Waals surface area contributed by atoms with Crippen molar-refractivity contribution in [2.24, 2.45) is 10.9 Å². The highest BCUT2D eigenvalue weighted by atomic mass is 16.4. The highest BCUT2D eigenvalue weighted by molar-refractivity contribution is 5.97. The third-order valence-corrected chi connectivity index (χ3v) is 3.69. The third-order valence-electron chi connectivity index (χ3n) is 3.69. The van der Waals surface area contributed by atoms with Crippen molar-refractivity contribution in [1.29, 1.82) is 0 Å². The van der Waals surface area contributed by atoms with Crippen LogP contribution in [-0.2, 0) is 12.8 Å². The Bertz CT molecular complexity index is 538. The summed E-state index contributed by atoms with van der Waals surface area (Å²) in [7, 11) is 0. The molecule has 0 saturated carbocycles. The van der Waals surface area contributed by atoms with Gasteiger partial charge in [-0.25, -0.2) is 0 Å². The van der Waals surface area contributed by atoms with Crippen LogP contribution in [0, 0.1) is 0 Å². The highest BCUT2D eigenvalue weighted by Crippen LogP contribution is 2.23. The van der Waals surface area contributed by atoms with Crippen LogP contribution in [0.1, 0.15) is 41.8 Å². The second kappa shape index (κ2) is 5.94. The topological polar surface area (TPSA) is 78.9 Å². The number of benzene rings is 1. The first kappa shape index (κ1) is 14.4. The first-order chi connectivity index (χ1) is 9.52. The summed E-state index contributed by atoms with van der Waals surface area (Å²) in [6, 6.07) is 5.87. The molecule has 0 aromatic heterocycles. The van der Waals surface area contributed by atoms with Crippen molar-refractivity contribution in [1.82, 2.24) is 4.90 Å². The van der Waals surface area contributed by atoms with Crippen LogP contribution in [0.25, 0.3) is 0 Å². The minimum absolute atomic E-state index is 0.0175. The van der Waals surface area contributed by atoms with Crippen molar-refractivity contribution in [3.05, 3.63) is 34.9 Å². The molecule has 0 unspecified atom stereocenters. The fourth-order valence-corrected chi connectivity index (χ4v) is 2.57. The van der Waals surface area contributed by atoms with Gasteiger partial charge in [0.05, 0.1) is 6.54 Å². The van der Waals surface area contributed by atoms with Crippen LogP contribution in [-0.4, -0.2) is 34.4 Å². The molecule has 1 aliphatic rings. The van der Waals surface area contributed by atoms with E-state index in [1.807, 2.05) is 32.0 Å². The summed E-state index contributed by atoms with van der Waals surface area (Å²) in [5.41, 5.74) is 8.80. The van der Waals surface area contributed by atoms with E-state index in [-0.39, 0.29) is 24.3 Å². The monoisotopic (exact) mass is 275 g/mol. The maximum atomic E-state index is 12.6. The molecule has 3 N–H and O–H groups in total. The largest absolute Gasteiger partial charge is 0.409 e. The first-order valence-corrected chi connectivity index (χ1v) is 6.92. The zero-order valence-corrected chi connectivity index (χ0v) is 12.0. The number of hydrogen-bond donors (Lipinski definition) is 2. The van der Waals surface area contributed by atoms with Gasteiger partial charge in [0.2, 0.25) is 0 Å². The Balaban J connectivity index is 2.23. The van der Waals surface area contributed by atoms with Gasteiger partial charge in [-0.2, -0.15) is 0 Å². The van der Waals surface area contributed by atoms with Gasteiger partial charge in [0.25, 0.3) is 5.91 Å². The number of hydrogen-bond acceptors (Lipinski definition) is 3. The Hall–Kier alpha value is -2.04. The normalized spacial score (nSPS) is 14.4. The molecular formula is C15H21N3O2. The maximum absolute atomic E-state index is 12.6. The maximum Gasteiger partial charge on any atom is 0.254 e. The molecule has 20 heavy (non-hydrogen) atoms. The van der Waals surface area contributed by atoms with Crippen molar-refractivity contribution >= 4 is 11.7 Å². The number of aryl methyl sites for hydroxylation is 2. The molecule has 0 saturated heterocycles. The van der Waals surface area contributed by atoms with Gasteiger partial charge in [-0.1, -0.05) is 11.2 Å². The minimum Gasteiger partial charge on any atom is -0.409 e. The van der Waals surface area contributed by atoms with E-state index in [1.54, 1.807) is 4.90 Å². The van der Waals surface area contributed by atoms with Crippen LogP contribution in [0.2, 0.25) is 0 Å². The second-order valence-corrected chi connectivity index (χ2v) is 5.46. The Morgan fingerprint density at radius 1 is 1.40 bits per heavy atom. The zero-order chi connectivity index (χ0) is 14.7. The van der Waals surface area contributed by atoms with Crippen molar-refractivity contribution < 1.29 is 10.0 Å². The number of carbonyl (C=O) groups is 1. The Labute approximate surface area is 119 Å². The molecule has 5 heteroatoms. The lowest BCUT2D eigenvalue weighted by molar-refractivity contribution is 0.0734. The zero-order valence-electron chi connectivity index (χ0n) is 12.0. The van der Waals surface area contributed by atoms with E-state index in [9.17, 15) is 4.79 Å². The Morgan fingerprint density at radius 2 is 2.10 bits per heavy atom. The predicted molar refractivity (Wildman–Crippen MR) is 78.0 cm³/mol. The molecule has 0 fully saturated rings. The van der Waals surface area contributed by atoms with E-state index in [0.717, 1.165) is 19.3 Å². The van der Waals surface area contributed by atoms with Crippen LogP contribution < -0.4 is 5.73 Å². The second-order valence-electron chi connectivity index (χ2n) is 5.46. The average Bonchev–Trinajstić information content (AvgIpc) is 2.90. The molecule has 1 aromatic rings. The van der Waals surface area contributed by atoms with Crippen LogP contribution >= 0.6 is 0 Å². The van der Waals surface area contributed by atoms with Crippen LogP contribution in [0.4, 0.5) is 0 Å². The van der Waals surface area contributed by atoms with E-state index in [2.05, 4.69) is 5.16 Å². The molecule has 1 amide bonds. The highest BCUT2D eigenvalue weighted by Gasteiger charge is 2.21. The quantitative estimate of drug-likeness (QED) is 0.380. The molecule has 0 aliphatic heterocycles. The predicted octanol–water partition coefficient (Wildman–Crippen LogP) is 1.77. The van der Waals surface area contributed by atoms with Crippen molar-refractivity contribution in [3.8, 4) is 0 Å². The van der Waals surface area contributed by atoms with E-state index in [0.29, 0.717) is 5.56 Å².